The summed E-state index contributed by atoms with van der Waals surface area (Å²) in [6.45, 7) is -1.12. The molecule has 9 heteroatoms. The highest BCUT2D eigenvalue weighted by Gasteiger charge is 2.38. The number of aliphatic hydroxyl groups is 1. The van der Waals surface area contributed by atoms with E-state index in [9.17, 15) is 27.6 Å². The predicted octanol–water partition coefficient (Wildman–Crippen LogP) is -0.435. The van der Waals surface area contributed by atoms with E-state index >= 15 is 0 Å². The van der Waals surface area contributed by atoms with E-state index in [1.165, 1.54) is 0 Å². The highest BCUT2D eigenvalue weighted by Crippen LogP contribution is 2.19. The van der Waals surface area contributed by atoms with Gasteiger partial charge in [-0.25, -0.2) is 0 Å². The first-order chi connectivity index (χ1) is 8.71. The Morgan fingerprint density at radius 3 is 2.32 bits per heavy atom. The first kappa shape index (κ1) is 15.4. The highest BCUT2D eigenvalue weighted by molar-refractivity contribution is 6.02. The average molecular weight is 282 g/mol. The fraction of sp³-hybridized carbons (Fsp3) is 0.700. The third-order valence-electron chi connectivity index (χ3n) is 2.59. The fourth-order valence-electron chi connectivity index (χ4n) is 1.50. The van der Waals surface area contributed by atoms with Crippen LogP contribution >= 0.6 is 0 Å². The summed E-state index contributed by atoms with van der Waals surface area (Å²) in [5.74, 6) is -1.56. The van der Waals surface area contributed by atoms with Crippen molar-refractivity contribution in [2.75, 3.05) is 13.1 Å². The SMILES string of the molecule is O=C(CCN1C(=O)CCC1=O)NCC(O)C(F)(F)F. The third kappa shape index (κ3) is 4.51. The van der Waals surface area contributed by atoms with Gasteiger partial charge in [0.25, 0.3) is 0 Å². The van der Waals surface area contributed by atoms with Gasteiger partial charge in [0.1, 0.15) is 0 Å². The lowest BCUT2D eigenvalue weighted by Gasteiger charge is -2.16. The van der Waals surface area contributed by atoms with Crippen molar-refractivity contribution in [3.63, 3.8) is 0 Å². The first-order valence-electron chi connectivity index (χ1n) is 5.56. The van der Waals surface area contributed by atoms with E-state index in [4.69, 9.17) is 5.11 Å². The van der Waals surface area contributed by atoms with Crippen LogP contribution in [0.1, 0.15) is 19.3 Å². The Morgan fingerprint density at radius 1 is 1.32 bits per heavy atom. The molecule has 1 aliphatic rings. The molecule has 0 aromatic rings. The lowest BCUT2D eigenvalue weighted by molar-refractivity contribution is -0.201. The molecular formula is C10H13F3N2O4. The fourth-order valence-corrected chi connectivity index (χ4v) is 1.50. The molecule has 2 N–H and O–H groups in total. The lowest BCUT2D eigenvalue weighted by Crippen LogP contribution is -2.41. The molecule has 0 bridgehead atoms. The van der Waals surface area contributed by atoms with Gasteiger partial charge in [-0.3, -0.25) is 19.3 Å². The van der Waals surface area contributed by atoms with Crippen molar-refractivity contribution in [2.45, 2.75) is 31.5 Å². The van der Waals surface area contributed by atoms with Crippen LogP contribution in [-0.2, 0) is 14.4 Å². The summed E-state index contributed by atoms with van der Waals surface area (Å²) in [6, 6.07) is 0. The molecular weight excluding hydrogens is 269 g/mol. The average Bonchev–Trinajstić information content (AvgIpc) is 2.62. The highest BCUT2D eigenvalue weighted by atomic mass is 19.4. The molecule has 0 saturated carbocycles. The van der Waals surface area contributed by atoms with Crippen molar-refractivity contribution in [3.8, 4) is 0 Å². The normalized spacial score (nSPS) is 17.8. The molecule has 1 unspecified atom stereocenters. The Balaban J connectivity index is 2.29. The summed E-state index contributed by atoms with van der Waals surface area (Å²) in [5.41, 5.74) is 0. The van der Waals surface area contributed by atoms with Crippen molar-refractivity contribution in [2.24, 2.45) is 0 Å². The number of rotatable bonds is 5. The van der Waals surface area contributed by atoms with Crippen molar-refractivity contribution in [1.29, 1.82) is 0 Å². The van der Waals surface area contributed by atoms with Crippen LogP contribution in [0.4, 0.5) is 13.2 Å². The molecule has 0 aliphatic carbocycles. The molecule has 0 radical (unpaired) electrons. The zero-order chi connectivity index (χ0) is 14.6. The molecule has 1 atom stereocenters. The van der Waals surface area contributed by atoms with Gasteiger partial charge < -0.3 is 10.4 Å². The van der Waals surface area contributed by atoms with Crippen LogP contribution in [0.15, 0.2) is 0 Å². The van der Waals surface area contributed by atoms with E-state index < -0.39 is 36.5 Å². The summed E-state index contributed by atoms with van der Waals surface area (Å²) < 4.78 is 35.8. The molecule has 108 valence electrons. The van der Waals surface area contributed by atoms with Crippen LogP contribution in [-0.4, -0.2) is 53.1 Å². The second kappa shape index (κ2) is 6.00. The second-order valence-corrected chi connectivity index (χ2v) is 4.05. The van der Waals surface area contributed by atoms with Crippen LogP contribution in [0.25, 0.3) is 0 Å². The Labute approximate surface area is 106 Å². The maximum atomic E-state index is 11.9. The maximum absolute atomic E-state index is 11.9. The van der Waals surface area contributed by atoms with Crippen molar-refractivity contribution in [1.82, 2.24) is 10.2 Å². The quantitative estimate of drug-likeness (QED) is 0.670. The van der Waals surface area contributed by atoms with Gasteiger partial charge in [0.05, 0.1) is 6.54 Å². The monoisotopic (exact) mass is 282 g/mol. The van der Waals surface area contributed by atoms with Crippen LogP contribution in [0.5, 0.6) is 0 Å². The van der Waals surface area contributed by atoms with E-state index in [1.807, 2.05) is 5.32 Å². The van der Waals surface area contributed by atoms with Crippen molar-refractivity contribution in [3.05, 3.63) is 0 Å². The Morgan fingerprint density at radius 2 is 1.84 bits per heavy atom. The van der Waals surface area contributed by atoms with Crippen molar-refractivity contribution >= 4 is 17.7 Å². The molecule has 19 heavy (non-hydrogen) atoms. The summed E-state index contributed by atoms with van der Waals surface area (Å²) >= 11 is 0. The number of imide groups is 1. The van der Waals surface area contributed by atoms with E-state index in [1.54, 1.807) is 0 Å². The Bertz CT molecular complexity index is 367. The number of nitrogens with one attached hydrogen (secondary N) is 1. The first-order valence-corrected chi connectivity index (χ1v) is 5.56. The van der Waals surface area contributed by atoms with Gasteiger partial charge in [-0.05, 0) is 0 Å². The summed E-state index contributed by atoms with van der Waals surface area (Å²) in [7, 11) is 0. The summed E-state index contributed by atoms with van der Waals surface area (Å²) in [4.78, 5) is 34.5. The molecule has 6 nitrogen and oxygen atoms in total. The number of amides is 3. The Kier molecular flexibility index (Phi) is 4.87. The minimum absolute atomic E-state index is 0.0905. The number of nitrogens with zero attached hydrogens (tertiary/aromatic N) is 1. The van der Waals surface area contributed by atoms with Crippen LogP contribution in [0.3, 0.4) is 0 Å². The molecule has 0 aromatic carbocycles. The lowest BCUT2D eigenvalue weighted by atomic mass is 10.3. The molecule has 1 rings (SSSR count). The molecule has 1 heterocycles. The van der Waals surface area contributed by atoms with Gasteiger partial charge in [-0.2, -0.15) is 13.2 Å². The van der Waals surface area contributed by atoms with Gasteiger partial charge >= 0.3 is 6.18 Å². The Hall–Kier alpha value is -1.64. The maximum Gasteiger partial charge on any atom is 0.416 e. The molecule has 1 aliphatic heterocycles. The largest absolute Gasteiger partial charge is 0.416 e. The zero-order valence-electron chi connectivity index (χ0n) is 9.87. The van der Waals surface area contributed by atoms with Gasteiger partial charge in [-0.1, -0.05) is 0 Å². The topological polar surface area (TPSA) is 86.7 Å². The van der Waals surface area contributed by atoms with E-state index in [2.05, 4.69) is 0 Å². The number of hydrogen-bond donors (Lipinski definition) is 2. The smallest absolute Gasteiger partial charge is 0.382 e. The molecule has 0 aromatic heterocycles. The predicted molar refractivity (Wildman–Crippen MR) is 55.6 cm³/mol. The van der Waals surface area contributed by atoms with Crippen LogP contribution < -0.4 is 5.32 Å². The van der Waals surface area contributed by atoms with Crippen LogP contribution in [0.2, 0.25) is 0 Å². The number of alkyl halides is 3. The van der Waals surface area contributed by atoms with Gasteiger partial charge in [0.15, 0.2) is 6.10 Å². The van der Waals surface area contributed by atoms with E-state index in [0.717, 1.165) is 4.90 Å². The van der Waals surface area contributed by atoms with Crippen molar-refractivity contribution < 1.29 is 32.7 Å². The van der Waals surface area contributed by atoms with E-state index in [-0.39, 0.29) is 25.8 Å². The molecule has 3 amide bonds. The summed E-state index contributed by atoms with van der Waals surface area (Å²) in [6.07, 6.45) is -7.54. The number of carbonyl (C=O) groups is 3. The number of hydrogen-bond acceptors (Lipinski definition) is 4. The minimum Gasteiger partial charge on any atom is -0.382 e. The second-order valence-electron chi connectivity index (χ2n) is 4.05. The number of carbonyl (C=O) groups excluding carboxylic acids is 3. The number of likely N-dealkylation sites (tertiary alicyclic amines) is 1. The molecule has 1 saturated heterocycles. The zero-order valence-corrected chi connectivity index (χ0v) is 9.87. The number of halogens is 3. The number of aliphatic hydroxyl groups excluding tert-OH is 1. The molecule has 1 fully saturated rings. The van der Waals surface area contributed by atoms with Gasteiger partial charge in [0, 0.05) is 25.8 Å². The van der Waals surface area contributed by atoms with Crippen LogP contribution in [0, 0.1) is 0 Å². The minimum atomic E-state index is -4.80. The van der Waals surface area contributed by atoms with Gasteiger partial charge in [0.2, 0.25) is 17.7 Å². The summed E-state index contributed by atoms with van der Waals surface area (Å²) in [5, 5.41) is 10.5. The van der Waals surface area contributed by atoms with Gasteiger partial charge in [-0.15, -0.1) is 0 Å². The van der Waals surface area contributed by atoms with E-state index in [0.29, 0.717) is 0 Å². The molecule has 0 spiro atoms. The standard InChI is InChI=1S/C10H13F3N2O4/c11-10(12,13)6(16)5-14-7(17)3-4-15-8(18)1-2-9(15)19/h6,16H,1-5H2,(H,14,17). The third-order valence-corrected chi connectivity index (χ3v) is 2.59.